The normalized spacial score (nSPS) is 29.2. The predicted molar refractivity (Wildman–Crippen MR) is 101 cm³/mol. The van der Waals surface area contributed by atoms with E-state index in [4.69, 9.17) is 18.9 Å². The average molecular weight is 464 g/mol. The largest absolute Gasteiger partial charge is 0.497 e. The zero-order chi connectivity index (χ0) is 18.4. The lowest BCUT2D eigenvalue weighted by molar-refractivity contribution is -0.235. The minimum atomic E-state index is -0.858. The first-order chi connectivity index (χ1) is 12.0. The molecule has 6 nitrogen and oxygen atoms in total. The van der Waals surface area contributed by atoms with Gasteiger partial charge >= 0.3 is 5.97 Å². The van der Waals surface area contributed by atoms with Crippen LogP contribution in [0.5, 0.6) is 5.75 Å². The quantitative estimate of drug-likeness (QED) is 0.380. The van der Waals surface area contributed by atoms with Crippen LogP contribution in [0.4, 0.5) is 0 Å². The maximum absolute atomic E-state index is 12.5. The van der Waals surface area contributed by atoms with Gasteiger partial charge in [-0.25, -0.2) is 4.79 Å². The van der Waals surface area contributed by atoms with Crippen LogP contribution in [-0.4, -0.2) is 53.8 Å². The molecular formula is C18H25IO6. The topological polar surface area (TPSA) is 74.2 Å². The van der Waals surface area contributed by atoms with E-state index in [1.807, 2.05) is 0 Å². The number of aliphatic hydroxyl groups is 1. The molecule has 1 aromatic rings. The molecule has 0 radical (unpaired) electrons. The number of carbonyl (C=O) groups is 1. The summed E-state index contributed by atoms with van der Waals surface area (Å²) < 4.78 is 21.6. The summed E-state index contributed by atoms with van der Waals surface area (Å²) in [7, 11) is 3.11. The van der Waals surface area contributed by atoms with Gasteiger partial charge in [0.25, 0.3) is 0 Å². The van der Waals surface area contributed by atoms with E-state index in [-0.39, 0.29) is 3.92 Å². The zero-order valence-electron chi connectivity index (χ0n) is 14.7. The Kier molecular flexibility index (Phi) is 7.92. The number of carbonyl (C=O) groups excluding carboxylic acids is 1. The second-order valence-electron chi connectivity index (χ2n) is 5.95. The predicted octanol–water partition coefficient (Wildman–Crippen LogP) is 2.95. The van der Waals surface area contributed by atoms with E-state index >= 15 is 0 Å². The third kappa shape index (κ3) is 5.06. The highest BCUT2D eigenvalue weighted by molar-refractivity contribution is 14.1. The van der Waals surface area contributed by atoms with Gasteiger partial charge in [0, 0.05) is 7.11 Å². The van der Waals surface area contributed by atoms with Crippen molar-refractivity contribution in [1.29, 1.82) is 0 Å². The van der Waals surface area contributed by atoms with Gasteiger partial charge in [0.05, 0.1) is 16.6 Å². The SMILES string of the molecule is CCCC[C@H]1O[C@H](OC)[C@@H](I)[C@H](O)[C@@H]1OC(=O)c1ccc(OC)cc1. The minimum absolute atomic E-state index is 0.325. The van der Waals surface area contributed by atoms with E-state index in [9.17, 15) is 9.90 Å². The molecule has 1 aliphatic rings. The summed E-state index contributed by atoms with van der Waals surface area (Å²) in [4.78, 5) is 12.5. The number of esters is 1. The number of unbranched alkanes of at least 4 members (excludes halogenated alkanes) is 1. The third-order valence-corrected chi connectivity index (χ3v) is 5.57. The lowest BCUT2D eigenvalue weighted by atomic mass is 9.97. The summed E-state index contributed by atoms with van der Waals surface area (Å²) in [5, 5.41) is 10.6. The summed E-state index contributed by atoms with van der Waals surface area (Å²) in [6, 6.07) is 6.66. The fourth-order valence-electron chi connectivity index (χ4n) is 2.77. The first-order valence-corrected chi connectivity index (χ1v) is 9.61. The molecule has 140 valence electrons. The molecule has 1 aliphatic heterocycles. The highest BCUT2D eigenvalue weighted by Crippen LogP contribution is 2.32. The molecule has 0 bridgehead atoms. The van der Waals surface area contributed by atoms with E-state index in [0.29, 0.717) is 17.7 Å². The molecule has 1 aromatic carbocycles. The van der Waals surface area contributed by atoms with Crippen molar-refractivity contribution in [2.45, 2.75) is 54.7 Å². The molecule has 1 heterocycles. The fraction of sp³-hybridized carbons (Fsp3) is 0.611. The molecular weight excluding hydrogens is 439 g/mol. The summed E-state index contributed by atoms with van der Waals surface area (Å²) in [5.41, 5.74) is 0.404. The maximum atomic E-state index is 12.5. The number of hydrogen-bond donors (Lipinski definition) is 1. The standard InChI is InChI=1S/C18H25IO6/c1-4-5-6-13-16(15(20)14(19)18(23-3)24-13)25-17(21)11-7-9-12(22-2)10-8-11/h7-10,13-16,18,20H,4-6H2,1-3H3/t13-,14+,15+,16-,18+/m1/s1. The number of methoxy groups -OCH3 is 2. The number of aliphatic hydroxyl groups excluding tert-OH is 1. The van der Waals surface area contributed by atoms with Gasteiger partial charge in [-0.2, -0.15) is 0 Å². The van der Waals surface area contributed by atoms with Crippen molar-refractivity contribution in [3.05, 3.63) is 29.8 Å². The molecule has 1 fully saturated rings. The lowest BCUT2D eigenvalue weighted by Gasteiger charge is -2.41. The van der Waals surface area contributed by atoms with Gasteiger partial charge in [-0.3, -0.25) is 0 Å². The van der Waals surface area contributed by atoms with Crippen LogP contribution >= 0.6 is 22.6 Å². The Morgan fingerprint density at radius 3 is 2.52 bits per heavy atom. The molecule has 0 aliphatic carbocycles. The number of rotatable bonds is 7. The first-order valence-electron chi connectivity index (χ1n) is 8.37. The van der Waals surface area contributed by atoms with Gasteiger partial charge in [-0.1, -0.05) is 42.4 Å². The molecule has 1 saturated heterocycles. The van der Waals surface area contributed by atoms with Crippen LogP contribution in [0.15, 0.2) is 24.3 Å². The van der Waals surface area contributed by atoms with Crippen molar-refractivity contribution in [2.75, 3.05) is 14.2 Å². The maximum Gasteiger partial charge on any atom is 0.338 e. The van der Waals surface area contributed by atoms with Crippen LogP contribution in [0, 0.1) is 0 Å². The molecule has 0 unspecified atom stereocenters. The van der Waals surface area contributed by atoms with Crippen LogP contribution in [-0.2, 0) is 14.2 Å². The van der Waals surface area contributed by atoms with Gasteiger partial charge in [0.2, 0.25) is 0 Å². The monoisotopic (exact) mass is 464 g/mol. The average Bonchev–Trinajstić information content (AvgIpc) is 2.64. The van der Waals surface area contributed by atoms with E-state index in [1.165, 1.54) is 0 Å². The molecule has 0 saturated carbocycles. The van der Waals surface area contributed by atoms with E-state index in [1.54, 1.807) is 38.5 Å². The number of halogens is 1. The molecule has 0 spiro atoms. The van der Waals surface area contributed by atoms with Crippen LogP contribution in [0.2, 0.25) is 0 Å². The molecule has 25 heavy (non-hydrogen) atoms. The van der Waals surface area contributed by atoms with Crippen LogP contribution in [0.1, 0.15) is 36.5 Å². The van der Waals surface area contributed by atoms with Gasteiger partial charge in [-0.05, 0) is 30.7 Å². The van der Waals surface area contributed by atoms with E-state index < -0.39 is 30.6 Å². The second kappa shape index (κ2) is 9.70. The number of benzene rings is 1. The third-order valence-electron chi connectivity index (χ3n) is 4.24. The Labute approximate surface area is 161 Å². The Morgan fingerprint density at radius 1 is 1.28 bits per heavy atom. The number of alkyl halides is 1. The molecule has 0 amide bonds. The van der Waals surface area contributed by atoms with Crippen molar-refractivity contribution in [3.8, 4) is 5.75 Å². The van der Waals surface area contributed by atoms with Crippen molar-refractivity contribution in [2.24, 2.45) is 0 Å². The summed E-state index contributed by atoms with van der Waals surface area (Å²) in [5.74, 6) is 0.171. The Balaban J connectivity index is 2.12. The van der Waals surface area contributed by atoms with Gasteiger partial charge in [0.15, 0.2) is 12.4 Å². The Bertz CT molecular complexity index is 549. The molecule has 5 atom stereocenters. The van der Waals surface area contributed by atoms with Crippen LogP contribution < -0.4 is 4.74 Å². The van der Waals surface area contributed by atoms with E-state index in [2.05, 4.69) is 29.5 Å². The lowest BCUT2D eigenvalue weighted by Crippen LogP contribution is -2.57. The van der Waals surface area contributed by atoms with Gasteiger partial charge < -0.3 is 24.1 Å². The van der Waals surface area contributed by atoms with Gasteiger partial charge in [0.1, 0.15) is 18.0 Å². The highest BCUT2D eigenvalue weighted by atomic mass is 127. The first kappa shape index (κ1) is 20.4. The molecule has 7 heteroatoms. The number of hydrogen-bond acceptors (Lipinski definition) is 6. The summed E-state index contributed by atoms with van der Waals surface area (Å²) in [6.45, 7) is 2.08. The van der Waals surface area contributed by atoms with Crippen molar-refractivity contribution in [3.63, 3.8) is 0 Å². The minimum Gasteiger partial charge on any atom is -0.497 e. The summed E-state index contributed by atoms with van der Waals surface area (Å²) >= 11 is 2.07. The highest BCUT2D eigenvalue weighted by Gasteiger charge is 2.46. The molecule has 0 aromatic heterocycles. The van der Waals surface area contributed by atoms with Gasteiger partial charge in [-0.15, -0.1) is 0 Å². The molecule has 2 rings (SSSR count). The smallest absolute Gasteiger partial charge is 0.338 e. The van der Waals surface area contributed by atoms with Crippen molar-refractivity contribution >= 4 is 28.6 Å². The fourth-order valence-corrected chi connectivity index (χ4v) is 3.65. The summed E-state index contributed by atoms with van der Waals surface area (Å²) in [6.07, 6.45) is 0.0907. The van der Waals surface area contributed by atoms with Crippen molar-refractivity contribution < 1.29 is 28.8 Å². The molecule has 1 N–H and O–H groups in total. The second-order valence-corrected chi connectivity index (χ2v) is 7.39. The number of ether oxygens (including phenoxy) is 4. The van der Waals surface area contributed by atoms with Crippen LogP contribution in [0.25, 0.3) is 0 Å². The van der Waals surface area contributed by atoms with Crippen LogP contribution in [0.3, 0.4) is 0 Å². The Morgan fingerprint density at radius 2 is 1.96 bits per heavy atom. The van der Waals surface area contributed by atoms with Crippen molar-refractivity contribution in [1.82, 2.24) is 0 Å². The van der Waals surface area contributed by atoms with E-state index in [0.717, 1.165) is 12.8 Å². The zero-order valence-corrected chi connectivity index (χ0v) is 16.8. The Hall–Kier alpha value is -0.900.